The molecule has 9 nitrogen and oxygen atoms in total. The topological polar surface area (TPSA) is 130 Å². The summed E-state index contributed by atoms with van der Waals surface area (Å²) >= 11 is 0. The fraction of sp³-hybridized carbons (Fsp3) is 0.300. The Morgan fingerprint density at radius 2 is 1.45 bits per heavy atom. The van der Waals surface area contributed by atoms with E-state index in [2.05, 4.69) is 0 Å². The molecule has 1 aliphatic carbocycles. The second kappa shape index (κ2) is 7.42. The number of hydrogen-bond donors (Lipinski definition) is 0. The third-order valence-electron chi connectivity index (χ3n) is 4.45. The fourth-order valence-electron chi connectivity index (χ4n) is 3.22. The van der Waals surface area contributed by atoms with E-state index >= 15 is 0 Å². The molecule has 0 radical (unpaired) electrons. The molecule has 9 heteroatoms. The van der Waals surface area contributed by atoms with Gasteiger partial charge in [-0.2, -0.15) is 0 Å². The van der Waals surface area contributed by atoms with E-state index in [-0.39, 0.29) is 41.2 Å². The predicted octanol–water partition coefficient (Wildman–Crippen LogP) is 1.28. The van der Waals surface area contributed by atoms with Gasteiger partial charge in [-0.05, 0) is 32.9 Å². The number of ether oxygens (including phenoxy) is 3. The van der Waals surface area contributed by atoms with Crippen molar-refractivity contribution in [3.63, 3.8) is 0 Å². The minimum atomic E-state index is -1.65. The molecule has 3 rings (SSSR count). The minimum absolute atomic E-state index is 0.00216. The quantitative estimate of drug-likeness (QED) is 0.236. The van der Waals surface area contributed by atoms with Crippen LogP contribution < -0.4 is 0 Å². The maximum absolute atomic E-state index is 12.6. The molecule has 0 amide bonds. The number of cyclic esters (lactones) is 1. The first-order chi connectivity index (χ1) is 13.7. The highest BCUT2D eigenvalue weighted by molar-refractivity contribution is 6.35. The monoisotopic (exact) mass is 400 g/mol. The first kappa shape index (κ1) is 20.1. The highest BCUT2D eigenvalue weighted by atomic mass is 16.6. The molecule has 2 aliphatic rings. The lowest BCUT2D eigenvalue weighted by molar-refractivity contribution is -0.144. The normalized spacial score (nSPS) is 18.7. The Morgan fingerprint density at radius 3 is 1.97 bits per heavy atom. The maximum atomic E-state index is 12.6. The highest BCUT2D eigenvalue weighted by Gasteiger charge is 2.47. The van der Waals surface area contributed by atoms with Crippen LogP contribution >= 0.6 is 0 Å². The summed E-state index contributed by atoms with van der Waals surface area (Å²) in [6, 6.07) is 2.30. The maximum Gasteiger partial charge on any atom is 0.345 e. The number of hydrogen-bond acceptors (Lipinski definition) is 9. The summed E-state index contributed by atoms with van der Waals surface area (Å²) in [7, 11) is 0. The van der Waals surface area contributed by atoms with E-state index in [1.54, 1.807) is 6.92 Å². The molecule has 1 aromatic rings. The highest BCUT2D eigenvalue weighted by Crippen LogP contribution is 2.38. The number of ketones is 3. The van der Waals surface area contributed by atoms with Crippen molar-refractivity contribution in [3.8, 4) is 0 Å². The molecule has 0 N–H and O–H groups in total. The summed E-state index contributed by atoms with van der Waals surface area (Å²) in [4.78, 5) is 73.6. The van der Waals surface area contributed by atoms with Gasteiger partial charge in [0.25, 0.3) is 0 Å². The Bertz CT molecular complexity index is 1030. The Balaban J connectivity index is 2.17. The number of esters is 3. The van der Waals surface area contributed by atoms with E-state index in [0.717, 1.165) is 13.0 Å². The molecule has 29 heavy (non-hydrogen) atoms. The van der Waals surface area contributed by atoms with Gasteiger partial charge in [0.05, 0.1) is 18.8 Å². The van der Waals surface area contributed by atoms with Crippen LogP contribution in [0.25, 0.3) is 5.76 Å². The van der Waals surface area contributed by atoms with Gasteiger partial charge in [0.1, 0.15) is 5.57 Å². The zero-order valence-electron chi connectivity index (χ0n) is 15.8. The summed E-state index contributed by atoms with van der Waals surface area (Å²) < 4.78 is 14.7. The predicted molar refractivity (Wildman–Crippen MR) is 94.9 cm³/mol. The molecule has 0 saturated heterocycles. The van der Waals surface area contributed by atoms with Crippen LogP contribution in [0.3, 0.4) is 0 Å². The SMILES string of the molecule is CCOC(=O)/C(C(C)=O)=C1/OC(=O)c2cc3c(cc21)C(=O)[C@H](C(=O)OCC)C3=O. The molecule has 0 unspecified atom stereocenters. The lowest BCUT2D eigenvalue weighted by Gasteiger charge is -2.08. The molecule has 0 saturated carbocycles. The first-order valence-electron chi connectivity index (χ1n) is 8.80. The van der Waals surface area contributed by atoms with E-state index < -0.39 is 46.7 Å². The standard InChI is InChI=1S/C20H16O9/c1-4-27-19(25)13(8(3)21)17-11-6-9-10(7-12(11)18(24)29-17)16(23)14(15(9)22)20(26)28-5-2/h6-7,14H,4-5H2,1-3H3/b17-13+/t14-/m0/s1. The summed E-state index contributed by atoms with van der Waals surface area (Å²) in [6.45, 7) is 4.16. The number of benzene rings is 1. The summed E-state index contributed by atoms with van der Waals surface area (Å²) in [6.07, 6.45) is 0. The summed E-state index contributed by atoms with van der Waals surface area (Å²) in [5.74, 6) is -7.13. The van der Waals surface area contributed by atoms with Crippen molar-refractivity contribution < 1.29 is 43.0 Å². The van der Waals surface area contributed by atoms with Crippen LogP contribution in [0, 0.1) is 5.92 Å². The van der Waals surface area contributed by atoms with Gasteiger partial charge in [0.2, 0.25) is 0 Å². The summed E-state index contributed by atoms with van der Waals surface area (Å²) in [5, 5.41) is 0. The lowest BCUT2D eigenvalue weighted by Crippen LogP contribution is -2.27. The van der Waals surface area contributed by atoms with Gasteiger partial charge in [0.15, 0.2) is 29.0 Å². The van der Waals surface area contributed by atoms with Crippen molar-refractivity contribution in [3.05, 3.63) is 40.0 Å². The van der Waals surface area contributed by atoms with Crippen molar-refractivity contribution >= 4 is 41.0 Å². The van der Waals surface area contributed by atoms with Crippen LogP contribution in [0.5, 0.6) is 0 Å². The molecule has 0 bridgehead atoms. The number of carbonyl (C=O) groups is 6. The van der Waals surface area contributed by atoms with Crippen molar-refractivity contribution in [2.75, 3.05) is 13.2 Å². The molecule has 150 valence electrons. The van der Waals surface area contributed by atoms with Crippen LogP contribution in [-0.2, 0) is 28.6 Å². The van der Waals surface area contributed by atoms with Crippen molar-refractivity contribution in [1.82, 2.24) is 0 Å². The van der Waals surface area contributed by atoms with Crippen molar-refractivity contribution in [2.24, 2.45) is 5.92 Å². The Hall–Kier alpha value is -3.62. The second-order valence-corrected chi connectivity index (χ2v) is 6.23. The second-order valence-electron chi connectivity index (χ2n) is 6.23. The summed E-state index contributed by atoms with van der Waals surface area (Å²) in [5.41, 5.74) is -0.831. The minimum Gasteiger partial charge on any atom is -0.465 e. The average molecular weight is 400 g/mol. The van der Waals surface area contributed by atoms with Gasteiger partial charge in [-0.15, -0.1) is 0 Å². The molecule has 1 atom stereocenters. The molecule has 1 aromatic carbocycles. The van der Waals surface area contributed by atoms with Crippen molar-refractivity contribution in [1.29, 1.82) is 0 Å². The van der Waals surface area contributed by atoms with Crippen LogP contribution in [0.4, 0.5) is 0 Å². The fourth-order valence-corrected chi connectivity index (χ4v) is 3.22. The third-order valence-corrected chi connectivity index (χ3v) is 4.45. The van der Waals surface area contributed by atoms with E-state index in [1.807, 2.05) is 0 Å². The van der Waals surface area contributed by atoms with Gasteiger partial charge in [-0.1, -0.05) is 0 Å². The van der Waals surface area contributed by atoms with E-state index in [9.17, 15) is 28.8 Å². The molecule has 0 fully saturated rings. The molecule has 0 aromatic heterocycles. The molecular formula is C20H16O9. The number of fused-ring (bicyclic) bond motifs is 2. The Kier molecular flexibility index (Phi) is 5.15. The zero-order valence-corrected chi connectivity index (χ0v) is 15.8. The van der Waals surface area contributed by atoms with Crippen molar-refractivity contribution in [2.45, 2.75) is 20.8 Å². The van der Waals surface area contributed by atoms with Gasteiger partial charge in [-0.3, -0.25) is 19.2 Å². The Morgan fingerprint density at radius 1 is 0.897 bits per heavy atom. The Labute approximate surface area is 164 Å². The van der Waals surface area contributed by atoms with Crippen LogP contribution in [0.1, 0.15) is 57.4 Å². The van der Waals surface area contributed by atoms with E-state index in [0.29, 0.717) is 0 Å². The van der Waals surface area contributed by atoms with Crippen LogP contribution in [0.15, 0.2) is 17.7 Å². The molecule has 1 heterocycles. The van der Waals surface area contributed by atoms with Gasteiger partial charge >= 0.3 is 17.9 Å². The van der Waals surface area contributed by atoms with Gasteiger partial charge < -0.3 is 14.2 Å². The number of carbonyl (C=O) groups excluding carboxylic acids is 6. The van der Waals surface area contributed by atoms with E-state index in [4.69, 9.17) is 14.2 Å². The van der Waals surface area contributed by atoms with Crippen LogP contribution in [0.2, 0.25) is 0 Å². The van der Waals surface area contributed by atoms with Crippen LogP contribution in [-0.4, -0.2) is 48.5 Å². The lowest BCUT2D eigenvalue weighted by atomic mass is 9.97. The van der Waals surface area contributed by atoms with Gasteiger partial charge in [-0.25, -0.2) is 9.59 Å². The number of rotatable bonds is 5. The van der Waals surface area contributed by atoms with Gasteiger partial charge in [0, 0.05) is 16.7 Å². The molecule has 1 aliphatic heterocycles. The zero-order chi connectivity index (χ0) is 21.5. The third kappa shape index (κ3) is 3.14. The first-order valence-corrected chi connectivity index (χ1v) is 8.80. The smallest absolute Gasteiger partial charge is 0.345 e. The number of Topliss-reactive ketones (excluding diaryl/α,β-unsaturated/α-hetero) is 3. The molecular weight excluding hydrogens is 384 g/mol. The largest absolute Gasteiger partial charge is 0.465 e. The average Bonchev–Trinajstić information content (AvgIpc) is 3.09. The molecule has 0 spiro atoms. The van der Waals surface area contributed by atoms with E-state index in [1.165, 1.54) is 13.0 Å².